The van der Waals surface area contributed by atoms with Gasteiger partial charge in [0, 0.05) is 53.6 Å². The Balaban J connectivity index is 1.56. The highest BCUT2D eigenvalue weighted by Crippen LogP contribution is 2.43. The van der Waals surface area contributed by atoms with Crippen molar-refractivity contribution in [2.45, 2.75) is 32.2 Å². The van der Waals surface area contributed by atoms with Gasteiger partial charge in [-0.2, -0.15) is 5.10 Å². The highest BCUT2D eigenvalue weighted by atomic mass is 16.5. The number of nitrogens with zero attached hydrogens (tertiary/aromatic N) is 5. The number of methoxy groups -OCH3 is 1. The van der Waals surface area contributed by atoms with Gasteiger partial charge in [-0.25, -0.2) is 4.68 Å². The van der Waals surface area contributed by atoms with Crippen LogP contribution in [0.2, 0.25) is 0 Å². The second-order valence-electron chi connectivity index (χ2n) is 10.7. The zero-order valence-electron chi connectivity index (χ0n) is 22.7. The van der Waals surface area contributed by atoms with Crippen LogP contribution in [0.15, 0.2) is 55.1 Å². The van der Waals surface area contributed by atoms with Crippen molar-refractivity contribution >= 4 is 11.8 Å². The summed E-state index contributed by atoms with van der Waals surface area (Å²) in [6.45, 7) is 5.49. The molecule has 3 aromatic heterocycles. The molecular weight excluding hydrogens is 508 g/mol. The predicted octanol–water partition coefficient (Wildman–Crippen LogP) is 3.45. The largest absolute Gasteiger partial charge is 0.496 e. The first-order chi connectivity index (χ1) is 19.3. The van der Waals surface area contributed by atoms with Gasteiger partial charge in [0.05, 0.1) is 42.8 Å². The third kappa shape index (κ3) is 4.30. The summed E-state index contributed by atoms with van der Waals surface area (Å²) < 4.78 is 13.3. The minimum absolute atomic E-state index is 0.104. The predicted molar refractivity (Wildman–Crippen MR) is 148 cm³/mol. The fraction of sp³-hybridized carbons (Fsp3) is 0.300. The van der Waals surface area contributed by atoms with Crippen LogP contribution in [0.25, 0.3) is 28.1 Å². The highest BCUT2D eigenvalue weighted by molar-refractivity contribution is 5.98. The number of ether oxygens (including phenoxy) is 2. The number of carbonyl (C=O) groups is 2. The molecule has 0 spiro atoms. The molecule has 40 heavy (non-hydrogen) atoms. The van der Waals surface area contributed by atoms with Crippen molar-refractivity contribution in [3.05, 3.63) is 77.5 Å². The molecule has 1 fully saturated rings. The van der Waals surface area contributed by atoms with E-state index < -0.39 is 11.4 Å². The number of benzene rings is 1. The van der Waals surface area contributed by atoms with E-state index in [0.29, 0.717) is 55.2 Å². The molecule has 10 heteroatoms. The summed E-state index contributed by atoms with van der Waals surface area (Å²) in [5.74, 6) is -0.00150. The van der Waals surface area contributed by atoms with Gasteiger partial charge in [0.1, 0.15) is 5.75 Å². The lowest BCUT2D eigenvalue weighted by molar-refractivity contribution is -0.0373. The monoisotopic (exact) mass is 538 g/mol. The van der Waals surface area contributed by atoms with Gasteiger partial charge in [-0.3, -0.25) is 19.6 Å². The summed E-state index contributed by atoms with van der Waals surface area (Å²) in [6.07, 6.45) is 7.91. The Morgan fingerprint density at radius 2 is 1.85 bits per heavy atom. The molecule has 1 aromatic carbocycles. The molecule has 0 unspecified atom stereocenters. The van der Waals surface area contributed by atoms with Crippen molar-refractivity contribution < 1.29 is 19.1 Å². The second kappa shape index (κ2) is 9.87. The van der Waals surface area contributed by atoms with Crippen LogP contribution >= 0.6 is 0 Å². The minimum Gasteiger partial charge on any atom is -0.496 e. The van der Waals surface area contributed by atoms with Gasteiger partial charge in [0.25, 0.3) is 5.91 Å². The maximum atomic E-state index is 14.0. The number of pyridine rings is 2. The number of aryl methyl sites for hydroxylation is 1. The number of amides is 2. The Morgan fingerprint density at radius 3 is 2.58 bits per heavy atom. The number of morpholine rings is 1. The van der Waals surface area contributed by atoms with Gasteiger partial charge in [-0.05, 0) is 62.6 Å². The maximum Gasteiger partial charge on any atom is 0.275 e. The molecule has 0 atom stereocenters. The Labute approximate surface area is 231 Å². The number of fused-ring (bicyclic) bond motifs is 3. The molecule has 0 radical (unpaired) electrons. The van der Waals surface area contributed by atoms with Gasteiger partial charge in [-0.15, -0.1) is 0 Å². The summed E-state index contributed by atoms with van der Waals surface area (Å²) in [6, 6.07) is 9.50. The number of carbonyl (C=O) groups excluding carboxylic acids is 2. The second-order valence-corrected chi connectivity index (χ2v) is 10.7. The molecule has 4 aromatic rings. The fourth-order valence-electron chi connectivity index (χ4n) is 5.60. The smallest absolute Gasteiger partial charge is 0.275 e. The first kappa shape index (κ1) is 25.7. The standard InChI is InChI=1S/C30H30N6O4/c1-30(2)17-40-11-10-35(30)29(38)26-22-5-4-18-13-25(39-3)23(19-12-20(28(31)37)16-33-15-19)14-24(18)27(22)36(34-26)21-6-8-32-9-7-21/h6-9,12-16H,4-5,10-11,17H2,1-3H3,(H2,31,37). The third-order valence-electron chi connectivity index (χ3n) is 7.64. The molecule has 0 saturated carbocycles. The number of primary amides is 1. The molecule has 204 valence electrons. The van der Waals surface area contributed by atoms with E-state index in [1.807, 2.05) is 47.7 Å². The summed E-state index contributed by atoms with van der Waals surface area (Å²) in [7, 11) is 1.62. The lowest BCUT2D eigenvalue weighted by atomic mass is 9.86. The number of hydrogen-bond donors (Lipinski definition) is 1. The van der Waals surface area contributed by atoms with E-state index in [0.717, 1.165) is 33.6 Å². The molecule has 0 bridgehead atoms. The Kier molecular flexibility index (Phi) is 6.34. The van der Waals surface area contributed by atoms with Gasteiger partial charge in [0.2, 0.25) is 5.91 Å². The van der Waals surface area contributed by atoms with E-state index in [1.54, 1.807) is 31.8 Å². The number of rotatable bonds is 5. The normalized spacial score (nSPS) is 15.7. The Hall–Kier alpha value is -4.57. The van der Waals surface area contributed by atoms with Gasteiger partial charge >= 0.3 is 0 Å². The molecule has 1 saturated heterocycles. The summed E-state index contributed by atoms with van der Waals surface area (Å²) in [4.78, 5) is 36.2. The van der Waals surface area contributed by atoms with Crippen molar-refractivity contribution in [1.29, 1.82) is 0 Å². The van der Waals surface area contributed by atoms with Crippen LogP contribution < -0.4 is 10.5 Å². The van der Waals surface area contributed by atoms with Gasteiger partial charge in [0.15, 0.2) is 5.69 Å². The third-order valence-corrected chi connectivity index (χ3v) is 7.64. The SMILES string of the molecule is COc1cc2c(cc1-c1cncc(C(N)=O)c1)-c1c(c(C(=O)N3CCOCC3(C)C)nn1-c1ccncc1)CC2. The van der Waals surface area contributed by atoms with Crippen molar-refractivity contribution in [3.8, 4) is 33.8 Å². The molecule has 6 rings (SSSR count). The molecular formula is C30H30N6O4. The maximum absolute atomic E-state index is 14.0. The van der Waals surface area contributed by atoms with Gasteiger partial charge in [-0.1, -0.05) is 0 Å². The average molecular weight is 539 g/mol. The summed E-state index contributed by atoms with van der Waals surface area (Å²) in [5, 5.41) is 4.94. The van der Waals surface area contributed by atoms with Gasteiger partial charge < -0.3 is 20.1 Å². The van der Waals surface area contributed by atoms with Crippen LogP contribution in [-0.4, -0.2) is 68.9 Å². The quantitative estimate of drug-likeness (QED) is 0.413. The fourth-order valence-corrected chi connectivity index (χ4v) is 5.60. The molecule has 2 aliphatic rings. The van der Waals surface area contributed by atoms with E-state index in [2.05, 4.69) is 9.97 Å². The average Bonchev–Trinajstić information content (AvgIpc) is 3.36. The molecule has 2 amide bonds. The number of nitrogens with two attached hydrogens (primary N) is 1. The topological polar surface area (TPSA) is 125 Å². The first-order valence-electron chi connectivity index (χ1n) is 13.2. The molecule has 10 nitrogen and oxygen atoms in total. The van der Waals surface area contributed by atoms with Crippen LogP contribution in [0.3, 0.4) is 0 Å². The Bertz CT molecular complexity index is 1630. The minimum atomic E-state index is -0.557. The van der Waals surface area contributed by atoms with E-state index in [1.165, 1.54) is 6.20 Å². The molecule has 1 aliphatic heterocycles. The zero-order chi connectivity index (χ0) is 28.0. The summed E-state index contributed by atoms with van der Waals surface area (Å²) in [5.41, 5.74) is 11.9. The van der Waals surface area contributed by atoms with Crippen LogP contribution in [0.5, 0.6) is 5.75 Å². The van der Waals surface area contributed by atoms with E-state index in [-0.39, 0.29) is 5.91 Å². The van der Waals surface area contributed by atoms with Crippen LogP contribution in [0.1, 0.15) is 45.8 Å². The van der Waals surface area contributed by atoms with Crippen LogP contribution in [-0.2, 0) is 17.6 Å². The lowest BCUT2D eigenvalue weighted by Gasteiger charge is -2.41. The molecule has 4 heterocycles. The van der Waals surface area contributed by atoms with E-state index in [9.17, 15) is 9.59 Å². The molecule has 1 aliphatic carbocycles. The van der Waals surface area contributed by atoms with Crippen molar-refractivity contribution in [2.75, 3.05) is 26.9 Å². The van der Waals surface area contributed by atoms with Crippen LogP contribution in [0, 0.1) is 0 Å². The van der Waals surface area contributed by atoms with Crippen molar-refractivity contribution in [3.63, 3.8) is 0 Å². The van der Waals surface area contributed by atoms with Crippen molar-refractivity contribution in [2.24, 2.45) is 5.73 Å². The first-order valence-corrected chi connectivity index (χ1v) is 13.2. The zero-order valence-corrected chi connectivity index (χ0v) is 22.7. The lowest BCUT2D eigenvalue weighted by Crippen LogP contribution is -2.55. The number of aromatic nitrogens is 4. The summed E-state index contributed by atoms with van der Waals surface area (Å²) >= 11 is 0. The van der Waals surface area contributed by atoms with Crippen molar-refractivity contribution in [1.82, 2.24) is 24.6 Å². The highest BCUT2D eigenvalue weighted by Gasteiger charge is 2.38. The Morgan fingerprint density at radius 1 is 1.05 bits per heavy atom. The van der Waals surface area contributed by atoms with E-state index in [4.69, 9.17) is 20.3 Å². The number of hydrogen-bond acceptors (Lipinski definition) is 7. The molecule has 2 N–H and O–H groups in total. The van der Waals surface area contributed by atoms with E-state index >= 15 is 0 Å². The van der Waals surface area contributed by atoms with Crippen LogP contribution in [0.4, 0.5) is 0 Å².